The number of urea groups is 1. The van der Waals surface area contributed by atoms with Gasteiger partial charge in [0.2, 0.25) is 0 Å². The number of halogens is 2. The fourth-order valence-corrected chi connectivity index (χ4v) is 3.33. The topological polar surface area (TPSA) is 92.4 Å². The van der Waals surface area contributed by atoms with Crippen LogP contribution in [0.3, 0.4) is 0 Å². The van der Waals surface area contributed by atoms with Crippen molar-refractivity contribution >= 4 is 63.0 Å². The van der Waals surface area contributed by atoms with E-state index in [2.05, 4.69) is 20.9 Å². The Balaban J connectivity index is 1.60. The number of carbonyl (C=O) groups excluding carboxylic acids is 2. The summed E-state index contributed by atoms with van der Waals surface area (Å²) in [5.41, 5.74) is 1.20. The highest BCUT2D eigenvalue weighted by molar-refractivity contribution is 7.14. The highest BCUT2D eigenvalue weighted by Crippen LogP contribution is 2.27. The van der Waals surface area contributed by atoms with E-state index in [1.807, 2.05) is 0 Å². The fraction of sp³-hybridized carbons (Fsp3) is 0.0556. The molecule has 0 saturated carbocycles. The highest BCUT2D eigenvalue weighted by atomic mass is 35.5. The first-order valence-corrected chi connectivity index (χ1v) is 9.52. The van der Waals surface area contributed by atoms with E-state index in [-0.39, 0.29) is 10.8 Å². The minimum absolute atomic E-state index is 0.162. The lowest BCUT2D eigenvalue weighted by molar-refractivity contribution is 0.102. The Morgan fingerprint density at radius 3 is 2.54 bits per heavy atom. The first-order chi connectivity index (χ1) is 13.4. The predicted molar refractivity (Wildman–Crippen MR) is 112 cm³/mol. The Kier molecular flexibility index (Phi) is 6.35. The molecule has 0 fully saturated rings. The third kappa shape index (κ3) is 5.13. The Morgan fingerprint density at radius 1 is 1.04 bits per heavy atom. The number of nitrogens with zero attached hydrogens (tertiary/aromatic N) is 1. The van der Waals surface area contributed by atoms with Crippen LogP contribution in [0.15, 0.2) is 47.8 Å². The summed E-state index contributed by atoms with van der Waals surface area (Å²) in [7, 11) is 1.51. The van der Waals surface area contributed by atoms with Crippen molar-refractivity contribution in [3.63, 3.8) is 0 Å². The van der Waals surface area contributed by atoms with Gasteiger partial charge in [0.25, 0.3) is 5.91 Å². The summed E-state index contributed by atoms with van der Waals surface area (Å²) >= 11 is 13.0. The summed E-state index contributed by atoms with van der Waals surface area (Å²) in [4.78, 5) is 28.5. The Bertz CT molecular complexity index is 1030. The number of nitrogens with one attached hydrogen (secondary N) is 3. The molecule has 0 radical (unpaired) electrons. The quantitative estimate of drug-likeness (QED) is 0.502. The number of rotatable bonds is 5. The van der Waals surface area contributed by atoms with Crippen molar-refractivity contribution in [2.24, 2.45) is 0 Å². The predicted octanol–water partition coefficient (Wildman–Crippen LogP) is 5.35. The van der Waals surface area contributed by atoms with E-state index < -0.39 is 11.9 Å². The molecular weight excluding hydrogens is 423 g/mol. The molecule has 0 spiro atoms. The first-order valence-electron chi connectivity index (χ1n) is 7.88. The largest absolute Gasteiger partial charge is 0.495 e. The van der Waals surface area contributed by atoms with Crippen LogP contribution in [0, 0.1) is 0 Å². The molecule has 0 bridgehead atoms. The Labute approximate surface area is 174 Å². The summed E-state index contributed by atoms with van der Waals surface area (Å²) < 4.78 is 5.07. The van der Waals surface area contributed by atoms with Crippen LogP contribution in [0.5, 0.6) is 5.75 Å². The second-order valence-electron chi connectivity index (χ2n) is 5.43. The second kappa shape index (κ2) is 8.92. The van der Waals surface area contributed by atoms with E-state index in [1.54, 1.807) is 42.5 Å². The second-order valence-corrected chi connectivity index (χ2v) is 7.13. The number of aromatic nitrogens is 1. The molecular formula is C18H14Cl2N4O3S. The standard InChI is InChI=1S/C18H14Cl2N4O3S/c1-27-15-6-5-12(8-13(15)20)21-16(25)14-9-28-18(23-14)24-17(26)22-11-4-2-3-10(19)7-11/h2-9H,1H3,(H,21,25)(H2,22,23,24,26). The number of thiazole rings is 1. The van der Waals surface area contributed by atoms with Gasteiger partial charge in [-0.3, -0.25) is 10.1 Å². The van der Waals surface area contributed by atoms with Crippen LogP contribution in [-0.2, 0) is 0 Å². The van der Waals surface area contributed by atoms with Gasteiger partial charge in [-0.1, -0.05) is 29.3 Å². The highest BCUT2D eigenvalue weighted by Gasteiger charge is 2.14. The van der Waals surface area contributed by atoms with Crippen LogP contribution in [-0.4, -0.2) is 24.0 Å². The van der Waals surface area contributed by atoms with Crippen molar-refractivity contribution < 1.29 is 14.3 Å². The lowest BCUT2D eigenvalue weighted by Gasteiger charge is -2.07. The number of amides is 3. The van der Waals surface area contributed by atoms with Crippen molar-refractivity contribution in [1.29, 1.82) is 0 Å². The maximum Gasteiger partial charge on any atom is 0.325 e. The molecule has 10 heteroatoms. The normalized spacial score (nSPS) is 10.2. The minimum Gasteiger partial charge on any atom is -0.495 e. The van der Waals surface area contributed by atoms with Gasteiger partial charge in [-0.2, -0.15) is 0 Å². The molecule has 3 aromatic rings. The van der Waals surface area contributed by atoms with Gasteiger partial charge in [-0.25, -0.2) is 9.78 Å². The van der Waals surface area contributed by atoms with E-state index in [1.165, 1.54) is 12.5 Å². The summed E-state index contributed by atoms with van der Waals surface area (Å²) in [6, 6.07) is 11.1. The minimum atomic E-state index is -0.495. The van der Waals surface area contributed by atoms with Gasteiger partial charge in [-0.05, 0) is 36.4 Å². The molecule has 2 aromatic carbocycles. The molecule has 3 N–H and O–H groups in total. The molecule has 3 rings (SSSR count). The van der Waals surface area contributed by atoms with Crippen molar-refractivity contribution in [2.75, 3.05) is 23.1 Å². The maximum absolute atomic E-state index is 12.3. The summed E-state index contributed by atoms with van der Waals surface area (Å²) in [6.45, 7) is 0. The Hall–Kier alpha value is -2.81. The van der Waals surface area contributed by atoms with Crippen LogP contribution in [0.25, 0.3) is 0 Å². The summed E-state index contributed by atoms with van der Waals surface area (Å²) in [5, 5.41) is 10.6. The molecule has 0 unspecified atom stereocenters. The number of ether oxygens (including phenoxy) is 1. The molecule has 0 aliphatic heterocycles. The van der Waals surface area contributed by atoms with Gasteiger partial charge in [0, 0.05) is 21.8 Å². The zero-order valence-corrected chi connectivity index (χ0v) is 16.8. The van der Waals surface area contributed by atoms with E-state index in [0.717, 1.165) is 11.3 Å². The van der Waals surface area contributed by atoms with Crippen molar-refractivity contribution in [3.05, 3.63) is 63.6 Å². The smallest absolute Gasteiger partial charge is 0.325 e. The molecule has 1 heterocycles. The average Bonchev–Trinajstić information content (AvgIpc) is 3.10. The van der Waals surface area contributed by atoms with E-state index in [0.29, 0.717) is 27.2 Å². The number of hydrogen-bond acceptors (Lipinski definition) is 5. The van der Waals surface area contributed by atoms with Crippen molar-refractivity contribution in [2.45, 2.75) is 0 Å². The van der Waals surface area contributed by atoms with Crippen LogP contribution < -0.4 is 20.7 Å². The van der Waals surface area contributed by atoms with E-state index in [4.69, 9.17) is 27.9 Å². The summed E-state index contributed by atoms with van der Waals surface area (Å²) in [5.74, 6) is 0.0753. The third-order valence-corrected chi connectivity index (χ3v) is 4.74. The molecule has 28 heavy (non-hydrogen) atoms. The molecule has 0 saturated heterocycles. The zero-order valence-electron chi connectivity index (χ0n) is 14.5. The van der Waals surface area contributed by atoms with Gasteiger partial charge in [0.05, 0.1) is 12.1 Å². The van der Waals surface area contributed by atoms with Crippen LogP contribution in [0.4, 0.5) is 21.3 Å². The number of anilines is 3. The summed E-state index contributed by atoms with van der Waals surface area (Å²) in [6.07, 6.45) is 0. The van der Waals surface area contributed by atoms with Gasteiger partial charge in [0.1, 0.15) is 11.4 Å². The van der Waals surface area contributed by atoms with Crippen LogP contribution in [0.1, 0.15) is 10.5 Å². The molecule has 144 valence electrons. The van der Waals surface area contributed by atoms with Crippen molar-refractivity contribution in [3.8, 4) is 5.75 Å². The maximum atomic E-state index is 12.3. The third-order valence-electron chi connectivity index (χ3n) is 3.45. The van der Waals surface area contributed by atoms with E-state index >= 15 is 0 Å². The monoisotopic (exact) mass is 436 g/mol. The van der Waals surface area contributed by atoms with E-state index in [9.17, 15) is 9.59 Å². The van der Waals surface area contributed by atoms with Gasteiger partial charge >= 0.3 is 6.03 Å². The van der Waals surface area contributed by atoms with Crippen LogP contribution >= 0.6 is 34.5 Å². The molecule has 1 aromatic heterocycles. The number of benzene rings is 2. The lowest BCUT2D eigenvalue weighted by atomic mass is 10.3. The molecule has 7 nitrogen and oxygen atoms in total. The van der Waals surface area contributed by atoms with Crippen LogP contribution in [0.2, 0.25) is 10.0 Å². The average molecular weight is 437 g/mol. The first kappa shape index (κ1) is 19.9. The van der Waals surface area contributed by atoms with Crippen molar-refractivity contribution in [1.82, 2.24) is 4.98 Å². The fourth-order valence-electron chi connectivity index (χ4n) is 2.20. The molecule has 0 atom stereocenters. The zero-order chi connectivity index (χ0) is 20.1. The number of hydrogen-bond donors (Lipinski definition) is 3. The molecule has 3 amide bonds. The van der Waals surface area contributed by atoms with Gasteiger partial charge in [0.15, 0.2) is 5.13 Å². The Morgan fingerprint density at radius 2 is 1.82 bits per heavy atom. The lowest BCUT2D eigenvalue weighted by Crippen LogP contribution is -2.19. The van der Waals surface area contributed by atoms with Gasteiger partial charge in [-0.15, -0.1) is 11.3 Å². The molecule has 0 aliphatic carbocycles. The number of methoxy groups -OCH3 is 1. The number of carbonyl (C=O) groups is 2. The SMILES string of the molecule is COc1ccc(NC(=O)c2csc(NC(=O)Nc3cccc(Cl)c3)n2)cc1Cl. The van der Waals surface area contributed by atoms with Gasteiger partial charge < -0.3 is 15.4 Å². The molecule has 0 aliphatic rings.